The van der Waals surface area contributed by atoms with Crippen LogP contribution >= 0.6 is 11.3 Å². The van der Waals surface area contributed by atoms with Crippen LogP contribution in [-0.4, -0.2) is 37.4 Å². The van der Waals surface area contributed by atoms with Gasteiger partial charge in [0.2, 0.25) is 0 Å². The third-order valence-electron chi connectivity index (χ3n) is 5.36. The molecule has 0 saturated carbocycles. The van der Waals surface area contributed by atoms with Crippen molar-refractivity contribution in [3.05, 3.63) is 46.0 Å². The fourth-order valence-electron chi connectivity index (χ4n) is 3.85. The van der Waals surface area contributed by atoms with Crippen LogP contribution in [0.25, 0.3) is 11.3 Å². The van der Waals surface area contributed by atoms with E-state index in [-0.39, 0.29) is 5.69 Å². The molecule has 160 valence electrons. The first-order valence-electron chi connectivity index (χ1n) is 10.0. The molecule has 0 saturated heterocycles. The molecule has 2 aromatic heterocycles. The van der Waals surface area contributed by atoms with Crippen LogP contribution in [0.4, 0.5) is 5.00 Å². The van der Waals surface area contributed by atoms with Crippen LogP contribution in [0.3, 0.4) is 0 Å². The van der Waals surface area contributed by atoms with Crippen molar-refractivity contribution in [1.29, 1.82) is 0 Å². The molecule has 3 heterocycles. The molecular formula is C22H20N2O6S. The van der Waals surface area contributed by atoms with Gasteiger partial charge in [0.15, 0.2) is 23.0 Å². The van der Waals surface area contributed by atoms with E-state index >= 15 is 0 Å². The second-order valence-corrected chi connectivity index (χ2v) is 8.40. The highest BCUT2D eigenvalue weighted by atomic mass is 32.1. The molecule has 9 heteroatoms. The Morgan fingerprint density at radius 2 is 1.90 bits per heavy atom. The summed E-state index contributed by atoms with van der Waals surface area (Å²) in [6.45, 7) is 0.993. The number of esters is 1. The quantitative estimate of drug-likeness (QED) is 0.610. The lowest BCUT2D eigenvalue weighted by molar-refractivity contribution is 0.0601. The van der Waals surface area contributed by atoms with Crippen molar-refractivity contribution < 1.29 is 28.3 Å². The highest BCUT2D eigenvalue weighted by molar-refractivity contribution is 7.17. The van der Waals surface area contributed by atoms with Crippen molar-refractivity contribution in [2.24, 2.45) is 0 Å². The minimum Gasteiger partial charge on any atom is -0.486 e. The van der Waals surface area contributed by atoms with Gasteiger partial charge in [-0.2, -0.15) is 0 Å². The van der Waals surface area contributed by atoms with E-state index in [4.69, 9.17) is 18.7 Å². The largest absolute Gasteiger partial charge is 0.486 e. The Bertz CT molecular complexity index is 1160. The number of anilines is 1. The van der Waals surface area contributed by atoms with Crippen molar-refractivity contribution in [3.63, 3.8) is 0 Å². The second kappa shape index (κ2) is 8.07. The Morgan fingerprint density at radius 1 is 1.10 bits per heavy atom. The van der Waals surface area contributed by atoms with Crippen LogP contribution in [0.5, 0.6) is 11.5 Å². The molecular weight excluding hydrogens is 420 g/mol. The van der Waals surface area contributed by atoms with Crippen LogP contribution in [0, 0.1) is 0 Å². The van der Waals surface area contributed by atoms with Crippen LogP contribution < -0.4 is 14.8 Å². The molecule has 1 aliphatic heterocycles. The van der Waals surface area contributed by atoms with E-state index in [1.54, 1.807) is 18.2 Å². The summed E-state index contributed by atoms with van der Waals surface area (Å²) in [5, 5.41) is 7.23. The lowest BCUT2D eigenvalue weighted by atomic mass is 9.95. The van der Waals surface area contributed by atoms with Crippen molar-refractivity contribution >= 4 is 28.2 Å². The van der Waals surface area contributed by atoms with Crippen LogP contribution in [-0.2, 0) is 17.6 Å². The van der Waals surface area contributed by atoms with E-state index in [9.17, 15) is 9.59 Å². The molecule has 31 heavy (non-hydrogen) atoms. The summed E-state index contributed by atoms with van der Waals surface area (Å²) >= 11 is 1.43. The Labute approximate surface area is 182 Å². The monoisotopic (exact) mass is 440 g/mol. The summed E-state index contributed by atoms with van der Waals surface area (Å²) in [6.07, 6.45) is 3.80. The number of amides is 1. The van der Waals surface area contributed by atoms with Gasteiger partial charge in [0, 0.05) is 16.5 Å². The average molecular weight is 440 g/mol. The maximum Gasteiger partial charge on any atom is 0.341 e. The first-order valence-corrected chi connectivity index (χ1v) is 10.9. The molecule has 8 nitrogen and oxygen atoms in total. The molecule has 1 N–H and O–H groups in total. The molecule has 0 bridgehead atoms. The number of nitrogens with one attached hydrogen (secondary N) is 1. The smallest absolute Gasteiger partial charge is 0.341 e. The van der Waals surface area contributed by atoms with Crippen molar-refractivity contribution in [3.8, 4) is 22.8 Å². The summed E-state index contributed by atoms with van der Waals surface area (Å²) in [6, 6.07) is 6.97. The van der Waals surface area contributed by atoms with Crippen molar-refractivity contribution in [2.45, 2.75) is 25.7 Å². The zero-order valence-corrected chi connectivity index (χ0v) is 17.7. The average Bonchev–Trinajstić information content (AvgIpc) is 3.43. The molecule has 1 amide bonds. The Morgan fingerprint density at radius 3 is 2.74 bits per heavy atom. The molecule has 0 atom stereocenters. The van der Waals surface area contributed by atoms with Gasteiger partial charge in [-0.3, -0.25) is 4.79 Å². The number of carbonyl (C=O) groups excluding carboxylic acids is 2. The lowest BCUT2D eigenvalue weighted by Crippen LogP contribution is -2.15. The topological polar surface area (TPSA) is 99.9 Å². The predicted octanol–water partition coefficient (Wildman–Crippen LogP) is 4.09. The van der Waals surface area contributed by atoms with Crippen molar-refractivity contribution in [2.75, 3.05) is 25.6 Å². The number of nitrogens with zero attached hydrogens (tertiary/aromatic N) is 1. The number of aryl methyl sites for hydroxylation is 1. The third kappa shape index (κ3) is 3.65. The van der Waals surface area contributed by atoms with Crippen molar-refractivity contribution in [1.82, 2.24) is 5.16 Å². The van der Waals surface area contributed by atoms with Gasteiger partial charge in [-0.25, -0.2) is 4.79 Å². The van der Waals surface area contributed by atoms with E-state index in [1.807, 2.05) is 6.07 Å². The molecule has 1 aromatic carbocycles. The fraction of sp³-hybridized carbons (Fsp3) is 0.318. The van der Waals surface area contributed by atoms with Gasteiger partial charge in [-0.15, -0.1) is 11.3 Å². The third-order valence-corrected chi connectivity index (χ3v) is 6.56. The van der Waals surface area contributed by atoms with Gasteiger partial charge in [0.05, 0.1) is 12.7 Å². The number of fused-ring (bicyclic) bond motifs is 2. The SMILES string of the molecule is COC(=O)c1c(NC(=O)c2cc(-c3ccc4c(c3)OCCO4)on2)sc2c1CCCC2. The van der Waals surface area contributed by atoms with Gasteiger partial charge in [0.1, 0.15) is 18.2 Å². The second-order valence-electron chi connectivity index (χ2n) is 7.30. The summed E-state index contributed by atoms with van der Waals surface area (Å²) in [5.41, 5.74) is 2.27. The van der Waals surface area contributed by atoms with Gasteiger partial charge in [-0.1, -0.05) is 5.16 Å². The maximum atomic E-state index is 12.8. The number of hydrogen-bond donors (Lipinski definition) is 1. The van der Waals surface area contributed by atoms with Crippen LogP contribution in [0.2, 0.25) is 0 Å². The highest BCUT2D eigenvalue weighted by Gasteiger charge is 2.28. The van der Waals surface area contributed by atoms with E-state index in [0.717, 1.165) is 41.7 Å². The Hall–Kier alpha value is -3.33. The Kier molecular flexibility index (Phi) is 5.11. The number of hydrogen-bond acceptors (Lipinski definition) is 8. The molecule has 0 fully saturated rings. The molecule has 2 aliphatic rings. The van der Waals surface area contributed by atoms with Crippen LogP contribution in [0.15, 0.2) is 28.8 Å². The molecule has 0 spiro atoms. The van der Waals surface area contributed by atoms with E-state index in [0.29, 0.717) is 41.0 Å². The number of thiophene rings is 1. The zero-order valence-electron chi connectivity index (χ0n) is 16.9. The van der Waals surface area contributed by atoms with Gasteiger partial charge < -0.3 is 24.1 Å². The molecule has 1 aliphatic carbocycles. The number of aromatic nitrogens is 1. The van der Waals surface area contributed by atoms with E-state index in [1.165, 1.54) is 18.4 Å². The summed E-state index contributed by atoms with van der Waals surface area (Å²) in [7, 11) is 1.35. The predicted molar refractivity (Wildman–Crippen MR) is 113 cm³/mol. The van der Waals surface area contributed by atoms with E-state index < -0.39 is 11.9 Å². The molecule has 5 rings (SSSR count). The molecule has 0 radical (unpaired) electrons. The maximum absolute atomic E-state index is 12.8. The summed E-state index contributed by atoms with van der Waals surface area (Å²) in [5.74, 6) is 0.839. The summed E-state index contributed by atoms with van der Waals surface area (Å²) < 4.78 is 21.5. The Balaban J connectivity index is 1.39. The minimum atomic E-state index is -0.448. The normalized spacial score (nSPS) is 14.6. The number of benzene rings is 1. The minimum absolute atomic E-state index is 0.118. The van der Waals surface area contributed by atoms with Crippen LogP contribution in [0.1, 0.15) is 44.1 Å². The fourth-order valence-corrected chi connectivity index (χ4v) is 5.13. The number of carbonyl (C=O) groups is 2. The molecule has 0 unspecified atom stereocenters. The first-order chi connectivity index (χ1) is 15.1. The van der Waals surface area contributed by atoms with Gasteiger partial charge in [0.25, 0.3) is 5.91 Å². The summed E-state index contributed by atoms with van der Waals surface area (Å²) in [4.78, 5) is 26.3. The number of rotatable bonds is 4. The van der Waals surface area contributed by atoms with E-state index in [2.05, 4.69) is 10.5 Å². The first kappa shape index (κ1) is 19.6. The highest BCUT2D eigenvalue weighted by Crippen LogP contribution is 2.39. The zero-order chi connectivity index (χ0) is 21.4. The standard InChI is InChI=1S/C22H20N2O6S/c1-27-22(26)19-13-4-2-3-5-18(13)31-21(19)23-20(25)14-11-16(30-24-14)12-6-7-15-17(10-12)29-9-8-28-15/h6-7,10-11H,2-5,8-9H2,1H3,(H,23,25). The van der Waals surface area contributed by atoms with Gasteiger partial charge in [-0.05, 0) is 49.4 Å². The van der Waals surface area contributed by atoms with Gasteiger partial charge >= 0.3 is 5.97 Å². The number of methoxy groups -OCH3 is 1. The lowest BCUT2D eigenvalue weighted by Gasteiger charge is -2.18. The number of ether oxygens (including phenoxy) is 3. The molecule has 3 aromatic rings.